The highest BCUT2D eigenvalue weighted by molar-refractivity contribution is 5.79. The average Bonchev–Trinajstić information content (AvgIpc) is 3.03. The largest absolute Gasteiger partial charge is 0.342 e. The molecule has 1 fully saturated rings. The normalized spacial score (nSPS) is 16.9. The highest BCUT2D eigenvalue weighted by Gasteiger charge is 2.27. The smallest absolute Gasteiger partial charge is 0.254 e. The monoisotopic (exact) mass is 357 g/mol. The number of nitrogens with zero attached hydrogens (tertiary/aromatic N) is 2. The van der Waals surface area contributed by atoms with Gasteiger partial charge in [-0.2, -0.15) is 0 Å². The maximum atomic E-state index is 13.4. The number of nitrogens with one attached hydrogen (secondary N) is 1. The molecule has 2 aromatic rings. The fourth-order valence-electron chi connectivity index (χ4n) is 3.62. The van der Waals surface area contributed by atoms with Crippen LogP contribution in [0.2, 0.25) is 0 Å². The number of benzene rings is 1. The van der Waals surface area contributed by atoms with Gasteiger partial charge in [0, 0.05) is 24.3 Å². The molecule has 1 N–H and O–H groups in total. The summed E-state index contributed by atoms with van der Waals surface area (Å²) in [6, 6.07) is 5.19. The number of rotatable bonds is 4. The summed E-state index contributed by atoms with van der Waals surface area (Å²) >= 11 is 0. The minimum atomic E-state index is -0.235. The Morgan fingerprint density at radius 2 is 2.12 bits per heavy atom. The SMILES string of the molecule is Cc1nc(C)c(CC(=O)N2CCC(Cc3ccc(F)c(C)c3)C2)c(=O)[nH]1. The number of carbonyl (C=O) groups excluding carboxylic acids is 1. The van der Waals surface area contributed by atoms with Crippen LogP contribution in [-0.2, 0) is 17.6 Å². The molecular weight excluding hydrogens is 333 g/mol. The van der Waals surface area contributed by atoms with E-state index in [0.717, 1.165) is 18.4 Å². The van der Waals surface area contributed by atoms with Crippen LogP contribution < -0.4 is 5.56 Å². The van der Waals surface area contributed by atoms with Crippen LogP contribution in [0.15, 0.2) is 23.0 Å². The zero-order valence-corrected chi connectivity index (χ0v) is 15.4. The molecule has 1 aromatic carbocycles. The van der Waals surface area contributed by atoms with Crippen molar-refractivity contribution in [3.63, 3.8) is 0 Å². The first kappa shape index (κ1) is 18.3. The van der Waals surface area contributed by atoms with Gasteiger partial charge in [0.15, 0.2) is 0 Å². The number of carbonyl (C=O) groups is 1. The summed E-state index contributed by atoms with van der Waals surface area (Å²) in [6.07, 6.45) is 1.83. The highest BCUT2D eigenvalue weighted by atomic mass is 19.1. The van der Waals surface area contributed by atoms with Crippen molar-refractivity contribution in [1.29, 1.82) is 0 Å². The second kappa shape index (κ2) is 7.40. The molecule has 1 aliphatic rings. The second-order valence-corrected chi connectivity index (χ2v) is 7.17. The van der Waals surface area contributed by atoms with E-state index in [0.29, 0.717) is 41.7 Å². The Kier molecular flexibility index (Phi) is 5.20. The van der Waals surface area contributed by atoms with Crippen molar-refractivity contribution in [3.8, 4) is 0 Å². The van der Waals surface area contributed by atoms with Gasteiger partial charge in [-0.05, 0) is 56.7 Å². The van der Waals surface area contributed by atoms with Gasteiger partial charge >= 0.3 is 0 Å². The first-order valence-corrected chi connectivity index (χ1v) is 8.92. The Hall–Kier alpha value is -2.50. The Morgan fingerprint density at radius 3 is 2.81 bits per heavy atom. The Balaban J connectivity index is 1.62. The highest BCUT2D eigenvalue weighted by Crippen LogP contribution is 2.22. The van der Waals surface area contributed by atoms with Gasteiger partial charge in [0.05, 0.1) is 6.42 Å². The molecule has 5 nitrogen and oxygen atoms in total. The first-order valence-electron chi connectivity index (χ1n) is 8.92. The van der Waals surface area contributed by atoms with Gasteiger partial charge in [0.1, 0.15) is 11.6 Å². The van der Waals surface area contributed by atoms with Gasteiger partial charge < -0.3 is 9.88 Å². The Morgan fingerprint density at radius 1 is 1.35 bits per heavy atom. The van der Waals surface area contributed by atoms with Crippen LogP contribution in [0.4, 0.5) is 4.39 Å². The summed E-state index contributed by atoms with van der Waals surface area (Å²) in [7, 11) is 0. The van der Waals surface area contributed by atoms with Crippen molar-refractivity contribution in [3.05, 3.63) is 62.6 Å². The van der Waals surface area contributed by atoms with Crippen LogP contribution in [0.1, 0.15) is 34.6 Å². The van der Waals surface area contributed by atoms with Crippen LogP contribution in [0.3, 0.4) is 0 Å². The van der Waals surface area contributed by atoms with Gasteiger partial charge in [-0.3, -0.25) is 9.59 Å². The van der Waals surface area contributed by atoms with E-state index < -0.39 is 0 Å². The molecule has 1 saturated heterocycles. The molecule has 0 radical (unpaired) electrons. The molecule has 0 aliphatic carbocycles. The maximum absolute atomic E-state index is 13.4. The van der Waals surface area contributed by atoms with Crippen LogP contribution in [0.5, 0.6) is 0 Å². The summed E-state index contributed by atoms with van der Waals surface area (Å²) in [5, 5.41) is 0. The van der Waals surface area contributed by atoms with Gasteiger partial charge in [0.2, 0.25) is 5.91 Å². The topological polar surface area (TPSA) is 66.1 Å². The lowest BCUT2D eigenvalue weighted by molar-refractivity contribution is -0.129. The predicted octanol–water partition coefficient (Wildman–Crippen LogP) is 2.47. The predicted molar refractivity (Wildman–Crippen MR) is 97.6 cm³/mol. The third-order valence-electron chi connectivity index (χ3n) is 5.05. The number of hydrogen-bond donors (Lipinski definition) is 1. The molecule has 0 saturated carbocycles. The third kappa shape index (κ3) is 4.00. The van der Waals surface area contributed by atoms with Gasteiger partial charge in [-0.15, -0.1) is 0 Å². The molecule has 1 unspecified atom stereocenters. The zero-order valence-electron chi connectivity index (χ0n) is 15.4. The molecule has 6 heteroatoms. The molecule has 1 aromatic heterocycles. The number of aryl methyl sites for hydroxylation is 3. The number of H-pyrrole nitrogens is 1. The number of aromatic amines is 1. The minimum absolute atomic E-state index is 0.0398. The number of hydrogen-bond acceptors (Lipinski definition) is 3. The third-order valence-corrected chi connectivity index (χ3v) is 5.05. The van der Waals surface area contributed by atoms with Crippen LogP contribution in [0, 0.1) is 32.5 Å². The van der Waals surface area contributed by atoms with Crippen molar-refractivity contribution in [1.82, 2.24) is 14.9 Å². The lowest BCUT2D eigenvalue weighted by Gasteiger charge is -2.17. The van der Waals surface area contributed by atoms with Crippen LogP contribution in [-0.4, -0.2) is 33.9 Å². The number of aromatic nitrogens is 2. The van der Waals surface area contributed by atoms with E-state index in [2.05, 4.69) is 9.97 Å². The summed E-state index contributed by atoms with van der Waals surface area (Å²) in [5.41, 5.74) is 2.56. The average molecular weight is 357 g/mol. The van der Waals surface area contributed by atoms with Gasteiger partial charge in [-0.1, -0.05) is 12.1 Å². The Bertz CT molecular complexity index is 891. The van der Waals surface area contributed by atoms with Crippen molar-refractivity contribution in [2.24, 2.45) is 5.92 Å². The van der Waals surface area contributed by atoms with Crippen LogP contribution in [0.25, 0.3) is 0 Å². The quantitative estimate of drug-likeness (QED) is 0.914. The summed E-state index contributed by atoms with van der Waals surface area (Å²) in [4.78, 5) is 33.4. The number of likely N-dealkylation sites (tertiary alicyclic amines) is 1. The maximum Gasteiger partial charge on any atom is 0.254 e. The second-order valence-electron chi connectivity index (χ2n) is 7.17. The lowest BCUT2D eigenvalue weighted by Crippen LogP contribution is -2.32. The van der Waals surface area contributed by atoms with Crippen molar-refractivity contribution in [2.75, 3.05) is 13.1 Å². The summed E-state index contributed by atoms with van der Waals surface area (Å²) in [5.74, 6) is 0.685. The van der Waals surface area contributed by atoms with E-state index >= 15 is 0 Å². The molecule has 3 rings (SSSR count). The van der Waals surface area contributed by atoms with E-state index in [1.807, 2.05) is 17.0 Å². The number of halogens is 1. The zero-order chi connectivity index (χ0) is 18.8. The standard InChI is InChI=1S/C20H24FN3O2/c1-12-8-15(4-5-18(12)21)9-16-6-7-24(11-16)19(25)10-17-13(2)22-14(3)23-20(17)26/h4-5,8,16H,6-7,9-11H2,1-3H3,(H,22,23,26). The fourth-order valence-corrected chi connectivity index (χ4v) is 3.62. The fraction of sp³-hybridized carbons (Fsp3) is 0.450. The molecule has 2 heterocycles. The molecule has 1 aliphatic heterocycles. The van der Waals surface area contributed by atoms with Crippen LogP contribution >= 0.6 is 0 Å². The molecule has 138 valence electrons. The van der Waals surface area contributed by atoms with Crippen molar-refractivity contribution >= 4 is 5.91 Å². The number of amides is 1. The van der Waals surface area contributed by atoms with Crippen molar-refractivity contribution in [2.45, 2.75) is 40.0 Å². The molecule has 1 atom stereocenters. The molecule has 0 bridgehead atoms. The van der Waals surface area contributed by atoms with E-state index in [9.17, 15) is 14.0 Å². The van der Waals surface area contributed by atoms with E-state index in [1.165, 1.54) is 6.07 Å². The molecule has 1 amide bonds. The summed E-state index contributed by atoms with van der Waals surface area (Å²) < 4.78 is 13.4. The Labute approximate surface area is 152 Å². The summed E-state index contributed by atoms with van der Waals surface area (Å²) in [6.45, 7) is 6.61. The van der Waals surface area contributed by atoms with Gasteiger partial charge in [0.25, 0.3) is 5.56 Å². The van der Waals surface area contributed by atoms with Gasteiger partial charge in [-0.25, -0.2) is 9.37 Å². The van der Waals surface area contributed by atoms with E-state index in [1.54, 1.807) is 20.8 Å². The first-order chi connectivity index (χ1) is 12.3. The minimum Gasteiger partial charge on any atom is -0.342 e. The lowest BCUT2D eigenvalue weighted by atomic mass is 9.97. The van der Waals surface area contributed by atoms with E-state index in [4.69, 9.17) is 0 Å². The van der Waals surface area contributed by atoms with Crippen molar-refractivity contribution < 1.29 is 9.18 Å². The molecule has 0 spiro atoms. The van der Waals surface area contributed by atoms with E-state index in [-0.39, 0.29) is 23.7 Å². The molecular formula is C20H24FN3O2. The molecule has 26 heavy (non-hydrogen) atoms.